The van der Waals surface area contributed by atoms with Gasteiger partial charge in [-0.25, -0.2) is 8.42 Å². The van der Waals surface area contributed by atoms with Crippen molar-refractivity contribution >= 4 is 15.7 Å². The lowest BCUT2D eigenvalue weighted by Gasteiger charge is -2.09. The highest BCUT2D eigenvalue weighted by Crippen LogP contribution is 2.20. The molecule has 0 bridgehead atoms. The minimum Gasteiger partial charge on any atom is -0.508 e. The Labute approximate surface area is 131 Å². The van der Waals surface area contributed by atoms with Gasteiger partial charge in [-0.3, -0.25) is 4.72 Å². The van der Waals surface area contributed by atoms with E-state index >= 15 is 0 Å². The van der Waals surface area contributed by atoms with Gasteiger partial charge in [0.25, 0.3) is 10.0 Å². The second-order valence-electron chi connectivity index (χ2n) is 5.26. The summed E-state index contributed by atoms with van der Waals surface area (Å²) in [5.41, 5.74) is 1.48. The predicted octanol–water partition coefficient (Wildman–Crippen LogP) is 3.93. The quantitative estimate of drug-likeness (QED) is 0.760. The van der Waals surface area contributed by atoms with Crippen LogP contribution in [0.5, 0.6) is 5.75 Å². The van der Waals surface area contributed by atoms with Crippen LogP contribution in [0.2, 0.25) is 0 Å². The molecule has 0 aliphatic rings. The molecule has 4 nitrogen and oxygen atoms in total. The fourth-order valence-corrected chi connectivity index (χ4v) is 3.25. The van der Waals surface area contributed by atoms with Crippen LogP contribution < -0.4 is 4.72 Å². The van der Waals surface area contributed by atoms with Crippen LogP contribution in [0.3, 0.4) is 0 Å². The van der Waals surface area contributed by atoms with Crippen LogP contribution in [0.4, 0.5) is 5.69 Å². The maximum Gasteiger partial charge on any atom is 0.261 e. The van der Waals surface area contributed by atoms with Crippen molar-refractivity contribution in [2.45, 2.75) is 37.5 Å². The Bertz CT molecular complexity index is 709. The van der Waals surface area contributed by atoms with Crippen LogP contribution in [0.25, 0.3) is 0 Å². The Morgan fingerprint density at radius 1 is 1.05 bits per heavy atom. The van der Waals surface area contributed by atoms with Crippen molar-refractivity contribution in [2.24, 2.45) is 0 Å². The van der Waals surface area contributed by atoms with E-state index < -0.39 is 10.0 Å². The molecule has 2 rings (SSSR count). The van der Waals surface area contributed by atoms with Gasteiger partial charge in [-0.15, -0.1) is 0 Å². The molecule has 2 N–H and O–H groups in total. The third kappa shape index (κ3) is 4.49. The normalized spacial score (nSPS) is 11.3. The van der Waals surface area contributed by atoms with E-state index in [4.69, 9.17) is 0 Å². The predicted molar refractivity (Wildman–Crippen MR) is 88.6 cm³/mol. The van der Waals surface area contributed by atoms with Crippen LogP contribution in [0, 0.1) is 0 Å². The average Bonchev–Trinajstić information content (AvgIpc) is 2.47. The monoisotopic (exact) mass is 319 g/mol. The minimum atomic E-state index is -3.63. The van der Waals surface area contributed by atoms with Crippen LogP contribution >= 0.6 is 0 Å². The lowest BCUT2D eigenvalue weighted by Crippen LogP contribution is -2.12. The first-order valence-corrected chi connectivity index (χ1v) is 8.90. The highest BCUT2D eigenvalue weighted by atomic mass is 32.2. The number of rotatable bonds is 7. The number of aryl methyl sites for hydroxylation is 1. The van der Waals surface area contributed by atoms with Crippen molar-refractivity contribution in [3.05, 3.63) is 54.1 Å². The highest BCUT2D eigenvalue weighted by Gasteiger charge is 2.14. The molecule has 0 amide bonds. The zero-order valence-electron chi connectivity index (χ0n) is 12.6. The van der Waals surface area contributed by atoms with Gasteiger partial charge in [0, 0.05) is 6.07 Å². The van der Waals surface area contributed by atoms with E-state index in [9.17, 15) is 13.5 Å². The molecule has 0 saturated heterocycles. The SMILES string of the molecule is CCCCCc1ccc(S(=O)(=O)Nc2cccc(O)c2)cc1. The zero-order valence-corrected chi connectivity index (χ0v) is 13.4. The summed E-state index contributed by atoms with van der Waals surface area (Å²) in [5, 5.41) is 9.38. The van der Waals surface area contributed by atoms with Crippen molar-refractivity contribution in [1.29, 1.82) is 0 Å². The molecular weight excluding hydrogens is 298 g/mol. The fraction of sp³-hybridized carbons (Fsp3) is 0.294. The Balaban J connectivity index is 2.09. The van der Waals surface area contributed by atoms with Gasteiger partial charge in [-0.1, -0.05) is 38.0 Å². The first-order chi connectivity index (χ1) is 10.5. The molecule has 118 valence electrons. The van der Waals surface area contributed by atoms with E-state index in [0.717, 1.165) is 18.4 Å². The Kier molecular flexibility index (Phi) is 5.44. The van der Waals surface area contributed by atoms with Crippen molar-refractivity contribution in [3.8, 4) is 5.75 Å². The number of unbranched alkanes of at least 4 members (excludes halogenated alkanes) is 2. The molecule has 2 aromatic carbocycles. The maximum absolute atomic E-state index is 12.3. The Hall–Kier alpha value is -2.01. The number of phenolic OH excluding ortho intramolecular Hbond substituents is 1. The average molecular weight is 319 g/mol. The molecule has 5 heteroatoms. The first kappa shape index (κ1) is 16.4. The van der Waals surface area contributed by atoms with Crippen LogP contribution in [0.15, 0.2) is 53.4 Å². The number of aromatic hydroxyl groups is 1. The third-order valence-electron chi connectivity index (χ3n) is 3.40. The number of nitrogens with one attached hydrogen (secondary N) is 1. The molecule has 0 aliphatic carbocycles. The second-order valence-corrected chi connectivity index (χ2v) is 6.94. The van der Waals surface area contributed by atoms with Crippen molar-refractivity contribution < 1.29 is 13.5 Å². The zero-order chi connectivity index (χ0) is 16.0. The molecule has 0 fully saturated rings. The second kappa shape index (κ2) is 7.31. The van der Waals surface area contributed by atoms with E-state index in [-0.39, 0.29) is 10.6 Å². The highest BCUT2D eigenvalue weighted by molar-refractivity contribution is 7.92. The number of hydrogen-bond donors (Lipinski definition) is 2. The molecule has 0 atom stereocenters. The number of benzene rings is 2. The van der Waals surface area contributed by atoms with Crippen molar-refractivity contribution in [3.63, 3.8) is 0 Å². The molecule has 0 aromatic heterocycles. The van der Waals surface area contributed by atoms with Gasteiger partial charge in [-0.05, 0) is 42.7 Å². The summed E-state index contributed by atoms with van der Waals surface area (Å²) in [6.45, 7) is 2.16. The molecule has 0 aliphatic heterocycles. The smallest absolute Gasteiger partial charge is 0.261 e. The maximum atomic E-state index is 12.3. The van der Waals surface area contributed by atoms with Gasteiger partial charge in [0.15, 0.2) is 0 Å². The van der Waals surface area contributed by atoms with Crippen LogP contribution in [0.1, 0.15) is 31.7 Å². The number of anilines is 1. The number of hydrogen-bond acceptors (Lipinski definition) is 3. The minimum absolute atomic E-state index is 0.0199. The standard InChI is InChI=1S/C17H21NO3S/c1-2-3-4-6-14-9-11-17(12-10-14)22(20,21)18-15-7-5-8-16(19)13-15/h5,7-13,18-19H,2-4,6H2,1H3. The molecule has 2 aromatic rings. The molecule has 22 heavy (non-hydrogen) atoms. The number of phenols is 1. The lowest BCUT2D eigenvalue weighted by atomic mass is 10.1. The van der Waals surface area contributed by atoms with Gasteiger partial charge in [-0.2, -0.15) is 0 Å². The van der Waals surface area contributed by atoms with E-state index in [1.54, 1.807) is 24.3 Å². The molecule has 0 spiro atoms. The van der Waals surface area contributed by atoms with Gasteiger partial charge in [0.1, 0.15) is 5.75 Å². The molecule has 0 heterocycles. The van der Waals surface area contributed by atoms with E-state index in [2.05, 4.69) is 11.6 Å². The summed E-state index contributed by atoms with van der Waals surface area (Å²) in [7, 11) is -3.63. The number of sulfonamides is 1. The molecule has 0 unspecified atom stereocenters. The summed E-state index contributed by atoms with van der Waals surface area (Å²) >= 11 is 0. The van der Waals surface area contributed by atoms with Gasteiger partial charge in [0.05, 0.1) is 10.6 Å². The van der Waals surface area contributed by atoms with Crippen LogP contribution in [-0.2, 0) is 16.4 Å². The fourth-order valence-electron chi connectivity index (χ4n) is 2.20. The summed E-state index contributed by atoms with van der Waals surface area (Å²) in [4.78, 5) is 0.218. The summed E-state index contributed by atoms with van der Waals surface area (Å²) in [6.07, 6.45) is 4.43. The first-order valence-electron chi connectivity index (χ1n) is 7.42. The Morgan fingerprint density at radius 3 is 2.41 bits per heavy atom. The summed E-state index contributed by atoms with van der Waals surface area (Å²) < 4.78 is 27.0. The van der Waals surface area contributed by atoms with Gasteiger partial charge in [0.2, 0.25) is 0 Å². The van der Waals surface area contributed by atoms with Crippen molar-refractivity contribution in [2.75, 3.05) is 4.72 Å². The third-order valence-corrected chi connectivity index (χ3v) is 4.80. The van der Waals surface area contributed by atoms with Crippen molar-refractivity contribution in [1.82, 2.24) is 0 Å². The Morgan fingerprint density at radius 2 is 1.77 bits per heavy atom. The van der Waals surface area contributed by atoms with E-state index in [1.807, 2.05) is 12.1 Å². The lowest BCUT2D eigenvalue weighted by molar-refractivity contribution is 0.475. The van der Waals surface area contributed by atoms with E-state index in [1.165, 1.54) is 25.0 Å². The summed E-state index contributed by atoms with van der Waals surface area (Å²) in [6, 6.07) is 13.0. The van der Waals surface area contributed by atoms with E-state index in [0.29, 0.717) is 5.69 Å². The summed E-state index contributed by atoms with van der Waals surface area (Å²) in [5.74, 6) is 0.0199. The molecule has 0 saturated carbocycles. The topological polar surface area (TPSA) is 66.4 Å². The largest absolute Gasteiger partial charge is 0.508 e. The molecular formula is C17H21NO3S. The van der Waals surface area contributed by atoms with Gasteiger partial charge < -0.3 is 5.11 Å². The van der Waals surface area contributed by atoms with Crippen LogP contribution in [-0.4, -0.2) is 13.5 Å². The van der Waals surface area contributed by atoms with Gasteiger partial charge >= 0.3 is 0 Å². The molecule has 0 radical (unpaired) electrons.